The SMILES string of the molecule is C(#Cc1csc(C2OCCO2)c1)CNCC1=CCCC(OCc2cc(C3=CSCC3)cs2)C1. The van der Waals surface area contributed by atoms with Gasteiger partial charge < -0.3 is 19.5 Å². The summed E-state index contributed by atoms with van der Waals surface area (Å²) in [4.78, 5) is 2.42. The van der Waals surface area contributed by atoms with Crippen LogP contribution in [0.25, 0.3) is 5.57 Å². The largest absolute Gasteiger partial charge is 0.372 e. The van der Waals surface area contributed by atoms with Gasteiger partial charge in [-0.15, -0.1) is 34.4 Å². The Balaban J connectivity index is 1.02. The summed E-state index contributed by atoms with van der Waals surface area (Å²) in [7, 11) is 0. The van der Waals surface area contributed by atoms with Crippen LogP contribution < -0.4 is 5.32 Å². The van der Waals surface area contributed by atoms with Crippen LogP contribution in [0.15, 0.2) is 40.0 Å². The molecule has 174 valence electrons. The van der Waals surface area contributed by atoms with Crippen LogP contribution in [-0.2, 0) is 20.8 Å². The van der Waals surface area contributed by atoms with E-state index in [-0.39, 0.29) is 6.29 Å². The number of hydrogen-bond acceptors (Lipinski definition) is 7. The van der Waals surface area contributed by atoms with E-state index in [4.69, 9.17) is 14.2 Å². The summed E-state index contributed by atoms with van der Waals surface area (Å²) in [6, 6.07) is 4.38. The molecule has 0 radical (unpaired) electrons. The van der Waals surface area contributed by atoms with Gasteiger partial charge in [0, 0.05) is 28.1 Å². The molecule has 2 aromatic rings. The van der Waals surface area contributed by atoms with Crippen molar-refractivity contribution in [2.24, 2.45) is 0 Å². The molecule has 5 rings (SSSR count). The number of thioether (sulfide) groups is 1. The maximum atomic E-state index is 6.27. The zero-order valence-corrected chi connectivity index (χ0v) is 21.1. The molecule has 2 aliphatic heterocycles. The second kappa shape index (κ2) is 11.9. The summed E-state index contributed by atoms with van der Waals surface area (Å²) >= 11 is 5.38. The van der Waals surface area contributed by atoms with Crippen molar-refractivity contribution in [1.82, 2.24) is 5.32 Å². The van der Waals surface area contributed by atoms with E-state index >= 15 is 0 Å². The average molecular weight is 500 g/mol. The van der Waals surface area contributed by atoms with E-state index in [9.17, 15) is 0 Å². The van der Waals surface area contributed by atoms with Crippen molar-refractivity contribution < 1.29 is 14.2 Å². The van der Waals surface area contributed by atoms with Gasteiger partial charge in [-0.25, -0.2) is 0 Å². The second-order valence-electron chi connectivity index (χ2n) is 8.36. The first-order valence-corrected chi connectivity index (χ1v) is 14.3. The van der Waals surface area contributed by atoms with Gasteiger partial charge in [0.15, 0.2) is 6.29 Å². The minimum atomic E-state index is -0.206. The van der Waals surface area contributed by atoms with Crippen LogP contribution >= 0.6 is 34.4 Å². The Morgan fingerprint density at radius 2 is 2.09 bits per heavy atom. The first-order valence-electron chi connectivity index (χ1n) is 11.5. The quantitative estimate of drug-likeness (QED) is 0.275. The predicted molar refractivity (Wildman–Crippen MR) is 139 cm³/mol. The van der Waals surface area contributed by atoms with Crippen molar-refractivity contribution in [3.8, 4) is 11.8 Å². The molecule has 2 aromatic heterocycles. The molecule has 1 unspecified atom stereocenters. The number of thiophene rings is 2. The third-order valence-corrected chi connectivity index (χ3v) is 8.64. The van der Waals surface area contributed by atoms with Crippen molar-refractivity contribution >= 4 is 40.0 Å². The normalized spacial score (nSPS) is 21.0. The standard InChI is InChI=1S/C26H29NO3S3/c1-3-19(14-27-7-2-4-20-12-25(33-16-20)26-28-8-9-29-26)11-23(5-1)30-15-24-13-22(18-32-24)21-6-10-31-17-21/h3,12-13,16-18,23,26-27H,1,5-11,14-15H2. The van der Waals surface area contributed by atoms with E-state index in [1.54, 1.807) is 11.3 Å². The van der Waals surface area contributed by atoms with Crippen molar-refractivity contribution in [2.75, 3.05) is 32.1 Å². The maximum Gasteiger partial charge on any atom is 0.193 e. The number of ether oxygens (including phenoxy) is 3. The van der Waals surface area contributed by atoms with E-state index < -0.39 is 0 Å². The molecule has 4 heterocycles. The molecule has 1 fully saturated rings. The molecule has 1 saturated heterocycles. The van der Waals surface area contributed by atoms with Gasteiger partial charge >= 0.3 is 0 Å². The number of allylic oxidation sites excluding steroid dienone is 2. The minimum Gasteiger partial charge on any atom is -0.372 e. The molecule has 1 aliphatic carbocycles. The Bertz CT molecular complexity index is 1050. The molecule has 4 nitrogen and oxygen atoms in total. The summed E-state index contributed by atoms with van der Waals surface area (Å²) in [6.07, 6.45) is 6.87. The van der Waals surface area contributed by atoms with Crippen LogP contribution in [0.2, 0.25) is 0 Å². The molecule has 0 amide bonds. The minimum absolute atomic E-state index is 0.206. The molecular weight excluding hydrogens is 470 g/mol. The van der Waals surface area contributed by atoms with E-state index in [1.807, 2.05) is 23.1 Å². The van der Waals surface area contributed by atoms with Crippen LogP contribution in [0.4, 0.5) is 0 Å². The average Bonchev–Trinajstić information content (AvgIpc) is 3.64. The Hall–Kier alpha value is -1.37. The van der Waals surface area contributed by atoms with Gasteiger partial charge in [0.25, 0.3) is 0 Å². The van der Waals surface area contributed by atoms with Crippen LogP contribution in [-0.4, -0.2) is 38.2 Å². The lowest BCUT2D eigenvalue weighted by Crippen LogP contribution is -2.23. The summed E-state index contributed by atoms with van der Waals surface area (Å²) in [5.41, 5.74) is 5.33. The molecule has 0 aromatic carbocycles. The Labute approximate surface area is 208 Å². The van der Waals surface area contributed by atoms with Crippen molar-refractivity contribution in [2.45, 2.75) is 44.7 Å². The molecule has 0 saturated carbocycles. The molecular formula is C26H29NO3S3. The van der Waals surface area contributed by atoms with E-state index in [2.05, 4.69) is 51.5 Å². The van der Waals surface area contributed by atoms with Gasteiger partial charge in [-0.05, 0) is 59.7 Å². The van der Waals surface area contributed by atoms with Gasteiger partial charge in [-0.2, -0.15) is 0 Å². The fourth-order valence-corrected chi connectivity index (χ4v) is 6.73. The first kappa shape index (κ1) is 23.4. The highest BCUT2D eigenvalue weighted by molar-refractivity contribution is 8.02. The molecule has 1 N–H and O–H groups in total. The fourth-order valence-electron chi connectivity index (χ4n) is 4.16. The lowest BCUT2D eigenvalue weighted by molar-refractivity contribution is -0.0413. The third kappa shape index (κ3) is 6.61. The van der Waals surface area contributed by atoms with Gasteiger partial charge in [-0.1, -0.05) is 23.5 Å². The highest BCUT2D eigenvalue weighted by Gasteiger charge is 2.20. The lowest BCUT2D eigenvalue weighted by atomic mass is 9.96. The van der Waals surface area contributed by atoms with Gasteiger partial charge in [-0.3, -0.25) is 0 Å². The summed E-state index contributed by atoms with van der Waals surface area (Å²) < 4.78 is 17.4. The molecule has 0 spiro atoms. The van der Waals surface area contributed by atoms with Crippen molar-refractivity contribution in [3.05, 3.63) is 60.8 Å². The van der Waals surface area contributed by atoms with Crippen LogP contribution in [0.3, 0.4) is 0 Å². The smallest absolute Gasteiger partial charge is 0.193 e. The zero-order chi connectivity index (χ0) is 22.3. The van der Waals surface area contributed by atoms with Gasteiger partial charge in [0.1, 0.15) is 0 Å². The molecule has 7 heteroatoms. The molecule has 1 atom stereocenters. The number of hydrogen-bond donors (Lipinski definition) is 1. The summed E-state index contributed by atoms with van der Waals surface area (Å²) in [6.45, 7) is 3.62. The fraction of sp³-hybridized carbons (Fsp3) is 0.462. The summed E-state index contributed by atoms with van der Waals surface area (Å²) in [5.74, 6) is 7.68. The van der Waals surface area contributed by atoms with Gasteiger partial charge in [0.2, 0.25) is 0 Å². The third-order valence-electron chi connectivity index (χ3n) is 5.88. The van der Waals surface area contributed by atoms with Crippen molar-refractivity contribution in [3.63, 3.8) is 0 Å². The second-order valence-corrected chi connectivity index (χ2v) is 11.3. The van der Waals surface area contributed by atoms with E-state index in [0.717, 1.165) is 42.9 Å². The number of rotatable bonds is 8. The predicted octanol–water partition coefficient (Wildman–Crippen LogP) is 5.97. The Morgan fingerprint density at radius 1 is 1.15 bits per heavy atom. The van der Waals surface area contributed by atoms with E-state index in [0.29, 0.717) is 25.9 Å². The number of nitrogens with one attached hydrogen (secondary N) is 1. The highest BCUT2D eigenvalue weighted by atomic mass is 32.2. The topological polar surface area (TPSA) is 39.7 Å². The Kier molecular flexibility index (Phi) is 8.40. The Morgan fingerprint density at radius 3 is 2.97 bits per heavy atom. The molecule has 33 heavy (non-hydrogen) atoms. The maximum absolute atomic E-state index is 6.27. The van der Waals surface area contributed by atoms with Crippen LogP contribution in [0.1, 0.15) is 52.9 Å². The highest BCUT2D eigenvalue weighted by Crippen LogP contribution is 2.33. The lowest BCUT2D eigenvalue weighted by Gasteiger charge is -2.23. The van der Waals surface area contributed by atoms with Gasteiger partial charge in [0.05, 0.1) is 37.3 Å². The zero-order valence-electron chi connectivity index (χ0n) is 18.6. The molecule has 3 aliphatic rings. The van der Waals surface area contributed by atoms with E-state index in [1.165, 1.54) is 33.8 Å². The summed E-state index contributed by atoms with van der Waals surface area (Å²) in [5, 5.41) is 10.1. The molecule has 0 bridgehead atoms. The monoisotopic (exact) mass is 499 g/mol. The van der Waals surface area contributed by atoms with Crippen molar-refractivity contribution in [1.29, 1.82) is 0 Å². The first-order chi connectivity index (χ1) is 16.3. The van der Waals surface area contributed by atoms with Crippen LogP contribution in [0, 0.1) is 11.8 Å². The van der Waals surface area contributed by atoms with Crippen LogP contribution in [0.5, 0.6) is 0 Å².